The van der Waals surface area contributed by atoms with Crippen molar-refractivity contribution in [3.63, 3.8) is 0 Å². The van der Waals surface area contributed by atoms with Crippen molar-refractivity contribution in [1.29, 1.82) is 0 Å². The van der Waals surface area contributed by atoms with Crippen LogP contribution in [0.2, 0.25) is 0 Å². The van der Waals surface area contributed by atoms with Crippen molar-refractivity contribution < 1.29 is 23.8 Å². The fourth-order valence-corrected chi connectivity index (χ4v) is 3.99. The fraction of sp³-hybridized carbons (Fsp3) is 0.333. The van der Waals surface area contributed by atoms with Crippen molar-refractivity contribution in [2.24, 2.45) is 0 Å². The molecule has 0 aliphatic carbocycles. The molecule has 0 saturated carbocycles. The molecule has 1 aromatic carbocycles. The summed E-state index contributed by atoms with van der Waals surface area (Å²) in [6.07, 6.45) is 2.36. The quantitative estimate of drug-likeness (QED) is 0.282. The predicted octanol–water partition coefficient (Wildman–Crippen LogP) is 6.93. The molecular weight excluding hydrogens is 496 g/mol. The summed E-state index contributed by atoms with van der Waals surface area (Å²) in [7, 11) is 3.15. The molecule has 9 nitrogen and oxygen atoms in total. The number of fused-ring (bicyclic) bond motifs is 1. The van der Waals surface area contributed by atoms with E-state index in [0.29, 0.717) is 22.9 Å². The van der Waals surface area contributed by atoms with Gasteiger partial charge in [0.2, 0.25) is 5.88 Å². The van der Waals surface area contributed by atoms with Crippen molar-refractivity contribution in [2.75, 3.05) is 19.1 Å². The lowest BCUT2D eigenvalue weighted by atomic mass is 10.0. The zero-order chi connectivity index (χ0) is 28.5. The summed E-state index contributed by atoms with van der Waals surface area (Å²) in [6, 6.07) is 15.2. The van der Waals surface area contributed by atoms with Gasteiger partial charge in [0, 0.05) is 30.4 Å². The van der Waals surface area contributed by atoms with Crippen LogP contribution in [0.15, 0.2) is 60.9 Å². The van der Waals surface area contributed by atoms with Gasteiger partial charge in [-0.2, -0.15) is 0 Å². The van der Waals surface area contributed by atoms with Gasteiger partial charge in [0.05, 0.1) is 12.8 Å². The lowest BCUT2D eigenvalue weighted by Crippen LogP contribution is -2.34. The lowest BCUT2D eigenvalue weighted by Gasteiger charge is -2.24. The van der Waals surface area contributed by atoms with Crippen LogP contribution < -0.4 is 9.64 Å². The highest BCUT2D eigenvalue weighted by atomic mass is 16.6. The van der Waals surface area contributed by atoms with Gasteiger partial charge in [0.15, 0.2) is 0 Å². The van der Waals surface area contributed by atoms with E-state index in [1.165, 1.54) is 16.6 Å². The average molecular weight is 531 g/mol. The van der Waals surface area contributed by atoms with Crippen LogP contribution >= 0.6 is 0 Å². The molecule has 3 aromatic heterocycles. The minimum absolute atomic E-state index is 0.337. The molecule has 0 spiro atoms. The Hall–Kier alpha value is -4.40. The van der Waals surface area contributed by atoms with E-state index in [1.54, 1.807) is 25.5 Å². The Morgan fingerprint density at radius 2 is 1.44 bits per heavy atom. The van der Waals surface area contributed by atoms with E-state index < -0.39 is 23.4 Å². The normalized spacial score (nSPS) is 11.8. The van der Waals surface area contributed by atoms with E-state index in [2.05, 4.69) is 9.97 Å². The molecule has 3 heterocycles. The predicted molar refractivity (Wildman–Crippen MR) is 151 cm³/mol. The van der Waals surface area contributed by atoms with Crippen LogP contribution in [0.3, 0.4) is 0 Å². The summed E-state index contributed by atoms with van der Waals surface area (Å²) in [4.78, 5) is 35.8. The SMILES string of the molecule is COc1nccc2cc(-c3ccc(-c4ccc(N(C)C(=O)OC(C)(C)C)nc4)cc3)n(C(=O)OC(C)(C)C)c12. The van der Waals surface area contributed by atoms with Gasteiger partial charge in [-0.25, -0.2) is 24.1 Å². The molecule has 0 saturated heterocycles. The first-order chi connectivity index (χ1) is 18.3. The third-order valence-corrected chi connectivity index (χ3v) is 5.72. The number of hydrogen-bond acceptors (Lipinski definition) is 7. The summed E-state index contributed by atoms with van der Waals surface area (Å²) in [5, 5.41) is 0.806. The van der Waals surface area contributed by atoms with Gasteiger partial charge in [-0.15, -0.1) is 0 Å². The van der Waals surface area contributed by atoms with E-state index in [1.807, 2.05) is 84.0 Å². The summed E-state index contributed by atoms with van der Waals surface area (Å²) < 4.78 is 18.1. The summed E-state index contributed by atoms with van der Waals surface area (Å²) in [5.41, 5.74) is 2.55. The zero-order valence-electron chi connectivity index (χ0n) is 23.6. The summed E-state index contributed by atoms with van der Waals surface area (Å²) in [5.74, 6) is 0.817. The van der Waals surface area contributed by atoms with Crippen LogP contribution in [-0.4, -0.2) is 52.1 Å². The van der Waals surface area contributed by atoms with Crippen LogP contribution in [0.4, 0.5) is 15.4 Å². The average Bonchev–Trinajstić information content (AvgIpc) is 3.26. The molecule has 204 valence electrons. The number of anilines is 1. The Morgan fingerprint density at radius 1 is 0.821 bits per heavy atom. The number of carbonyl (C=O) groups is 2. The first-order valence-corrected chi connectivity index (χ1v) is 12.6. The molecule has 0 aliphatic heterocycles. The van der Waals surface area contributed by atoms with E-state index >= 15 is 0 Å². The van der Waals surface area contributed by atoms with Crippen molar-refractivity contribution in [3.05, 3.63) is 60.9 Å². The van der Waals surface area contributed by atoms with Gasteiger partial charge >= 0.3 is 12.2 Å². The molecule has 0 radical (unpaired) electrons. The van der Waals surface area contributed by atoms with Gasteiger partial charge < -0.3 is 14.2 Å². The highest BCUT2D eigenvalue weighted by Gasteiger charge is 2.25. The van der Waals surface area contributed by atoms with Crippen molar-refractivity contribution in [1.82, 2.24) is 14.5 Å². The minimum Gasteiger partial charge on any atom is -0.479 e. The Bertz CT molecular complexity index is 1490. The number of benzene rings is 1. The number of nitrogens with zero attached hydrogens (tertiary/aromatic N) is 4. The second-order valence-corrected chi connectivity index (χ2v) is 11.1. The van der Waals surface area contributed by atoms with Gasteiger partial charge in [-0.1, -0.05) is 24.3 Å². The molecule has 1 amide bonds. The van der Waals surface area contributed by atoms with Crippen LogP contribution in [0, 0.1) is 0 Å². The molecule has 4 aromatic rings. The van der Waals surface area contributed by atoms with Crippen LogP contribution in [0.25, 0.3) is 33.3 Å². The molecule has 0 unspecified atom stereocenters. The maximum absolute atomic E-state index is 13.3. The highest BCUT2D eigenvalue weighted by Crippen LogP contribution is 2.34. The second-order valence-electron chi connectivity index (χ2n) is 11.1. The topological polar surface area (TPSA) is 95.8 Å². The standard InChI is InChI=1S/C30H34N4O5/c1-29(2,3)38-27(35)33(7)24-14-13-22(18-32-24)19-9-11-20(12-10-19)23-17-21-15-16-31-26(37-8)25(21)34(23)28(36)39-30(4,5)6/h9-18H,1-8H3. The largest absolute Gasteiger partial charge is 0.479 e. The lowest BCUT2D eigenvalue weighted by molar-refractivity contribution is 0.0543. The van der Waals surface area contributed by atoms with E-state index in [-0.39, 0.29) is 0 Å². The number of pyridine rings is 2. The van der Waals surface area contributed by atoms with Crippen molar-refractivity contribution in [2.45, 2.75) is 52.7 Å². The van der Waals surface area contributed by atoms with Gasteiger partial charge in [-0.05, 0) is 76.9 Å². The van der Waals surface area contributed by atoms with E-state index in [0.717, 1.165) is 22.1 Å². The Morgan fingerprint density at radius 3 is 2.00 bits per heavy atom. The summed E-state index contributed by atoms with van der Waals surface area (Å²) in [6.45, 7) is 10.9. The molecule has 0 fully saturated rings. The number of ether oxygens (including phenoxy) is 3. The van der Waals surface area contributed by atoms with Crippen molar-refractivity contribution >= 4 is 28.9 Å². The van der Waals surface area contributed by atoms with Gasteiger partial charge in [-0.3, -0.25) is 4.90 Å². The Kier molecular flexibility index (Phi) is 7.37. The number of carbonyl (C=O) groups excluding carboxylic acids is 2. The molecule has 0 atom stereocenters. The maximum atomic E-state index is 13.3. The number of hydrogen-bond donors (Lipinski definition) is 0. The highest BCUT2D eigenvalue weighted by molar-refractivity contribution is 5.98. The minimum atomic E-state index is -0.680. The molecule has 0 aliphatic rings. The number of amides is 1. The smallest absolute Gasteiger partial charge is 0.419 e. The molecule has 0 bridgehead atoms. The van der Waals surface area contributed by atoms with Crippen molar-refractivity contribution in [3.8, 4) is 28.3 Å². The first kappa shape index (κ1) is 27.6. The summed E-state index contributed by atoms with van der Waals surface area (Å²) >= 11 is 0. The fourth-order valence-electron chi connectivity index (χ4n) is 3.99. The van der Waals surface area contributed by atoms with E-state index in [9.17, 15) is 9.59 Å². The monoisotopic (exact) mass is 530 g/mol. The first-order valence-electron chi connectivity index (χ1n) is 12.6. The number of methoxy groups -OCH3 is 1. The zero-order valence-corrected chi connectivity index (χ0v) is 23.6. The Balaban J connectivity index is 1.66. The molecular formula is C30H34N4O5. The number of rotatable bonds is 4. The van der Waals surface area contributed by atoms with Gasteiger partial charge in [0.1, 0.15) is 22.5 Å². The second kappa shape index (κ2) is 10.4. The molecule has 39 heavy (non-hydrogen) atoms. The van der Waals surface area contributed by atoms with Gasteiger partial charge in [0.25, 0.3) is 0 Å². The molecule has 0 N–H and O–H groups in total. The van der Waals surface area contributed by atoms with Crippen LogP contribution in [0.1, 0.15) is 41.5 Å². The Labute approximate surface area is 228 Å². The van der Waals surface area contributed by atoms with Crippen LogP contribution in [0.5, 0.6) is 5.88 Å². The third kappa shape index (κ3) is 6.19. The van der Waals surface area contributed by atoms with Crippen LogP contribution in [-0.2, 0) is 9.47 Å². The number of aromatic nitrogens is 3. The molecule has 4 rings (SSSR count). The van der Waals surface area contributed by atoms with E-state index in [4.69, 9.17) is 14.2 Å². The third-order valence-electron chi connectivity index (χ3n) is 5.72. The molecule has 9 heteroatoms. The maximum Gasteiger partial charge on any atom is 0.419 e.